The van der Waals surface area contributed by atoms with Crippen LogP contribution in [0, 0.1) is 6.92 Å². The van der Waals surface area contributed by atoms with Crippen molar-refractivity contribution < 1.29 is 13.2 Å². The Morgan fingerprint density at radius 2 is 2.00 bits per heavy atom. The van der Waals surface area contributed by atoms with E-state index in [0.717, 1.165) is 0 Å². The molecule has 7 heteroatoms. The number of aryl methyl sites for hydroxylation is 1. The topological polar surface area (TPSA) is 56.7 Å². The van der Waals surface area contributed by atoms with Crippen molar-refractivity contribution in [1.82, 2.24) is 14.8 Å². The number of halogens is 3. The molecule has 2 aromatic rings. The number of rotatable bonds is 3. The lowest BCUT2D eigenvalue weighted by Crippen LogP contribution is -2.14. The van der Waals surface area contributed by atoms with E-state index >= 15 is 0 Å². The fourth-order valence-corrected chi connectivity index (χ4v) is 1.75. The maximum atomic E-state index is 13.4. The molecule has 0 radical (unpaired) electrons. The summed E-state index contributed by atoms with van der Waals surface area (Å²) in [4.78, 5) is 4.02. The zero-order chi connectivity index (χ0) is 13.4. The fourth-order valence-electron chi connectivity index (χ4n) is 1.75. The van der Waals surface area contributed by atoms with Gasteiger partial charge in [0.2, 0.25) is 0 Å². The number of fused-ring (bicyclic) bond motifs is 1. The van der Waals surface area contributed by atoms with Crippen LogP contribution < -0.4 is 5.73 Å². The average molecular weight is 258 g/mol. The van der Waals surface area contributed by atoms with Gasteiger partial charge in [-0.05, 0) is 19.9 Å². The first-order valence-electron chi connectivity index (χ1n) is 5.44. The van der Waals surface area contributed by atoms with E-state index in [1.54, 1.807) is 19.9 Å². The van der Waals surface area contributed by atoms with Crippen LogP contribution in [0.5, 0.6) is 0 Å². The van der Waals surface area contributed by atoms with Crippen molar-refractivity contribution >= 4 is 10.9 Å². The van der Waals surface area contributed by atoms with Gasteiger partial charge in [0, 0.05) is 11.4 Å². The Bertz CT molecular complexity index is 565. The summed E-state index contributed by atoms with van der Waals surface area (Å²) in [5.74, 6) is 0. The normalized spacial score (nSPS) is 15.3. The lowest BCUT2D eigenvalue weighted by Gasteiger charge is -2.09. The van der Waals surface area contributed by atoms with Crippen LogP contribution in [0.3, 0.4) is 0 Å². The van der Waals surface area contributed by atoms with Crippen molar-refractivity contribution in [3.8, 4) is 0 Å². The van der Waals surface area contributed by atoms with Gasteiger partial charge in [0.05, 0.1) is 23.1 Å². The quantitative estimate of drug-likeness (QED) is 0.920. The summed E-state index contributed by atoms with van der Waals surface area (Å²) in [5.41, 5.74) is 7.01. The first-order valence-corrected chi connectivity index (χ1v) is 5.44. The lowest BCUT2D eigenvalue weighted by molar-refractivity contribution is 0.00327. The van der Waals surface area contributed by atoms with Crippen molar-refractivity contribution in [2.75, 3.05) is 0 Å². The van der Waals surface area contributed by atoms with E-state index in [1.807, 2.05) is 0 Å². The predicted octanol–water partition coefficient (Wildman–Crippen LogP) is 2.49. The van der Waals surface area contributed by atoms with E-state index in [2.05, 4.69) is 10.1 Å². The van der Waals surface area contributed by atoms with Gasteiger partial charge in [0.1, 0.15) is 0 Å². The third kappa shape index (κ3) is 2.05. The van der Waals surface area contributed by atoms with E-state index in [0.29, 0.717) is 21.5 Å². The zero-order valence-electron chi connectivity index (χ0n) is 9.94. The first-order chi connectivity index (χ1) is 8.41. The Kier molecular flexibility index (Phi) is 3.25. The van der Waals surface area contributed by atoms with E-state index in [1.165, 1.54) is 6.20 Å². The van der Waals surface area contributed by atoms with Gasteiger partial charge in [-0.2, -0.15) is 5.10 Å². The van der Waals surface area contributed by atoms with Crippen molar-refractivity contribution in [2.24, 2.45) is 5.73 Å². The molecule has 0 saturated heterocycles. The third-order valence-corrected chi connectivity index (χ3v) is 2.71. The molecule has 2 atom stereocenters. The SMILES string of the molecule is Cc1nn(C(F)C(F)F)c2cnc([C@@H](C)N)cc12. The monoisotopic (exact) mass is 258 g/mol. The van der Waals surface area contributed by atoms with Gasteiger partial charge in [-0.1, -0.05) is 0 Å². The lowest BCUT2D eigenvalue weighted by atomic mass is 10.1. The summed E-state index contributed by atoms with van der Waals surface area (Å²) in [6.45, 7) is 3.38. The number of hydrogen-bond acceptors (Lipinski definition) is 3. The number of pyridine rings is 1. The molecule has 18 heavy (non-hydrogen) atoms. The number of hydrogen-bond donors (Lipinski definition) is 1. The van der Waals surface area contributed by atoms with Gasteiger partial charge in [0.25, 0.3) is 12.7 Å². The van der Waals surface area contributed by atoms with E-state index < -0.39 is 12.7 Å². The van der Waals surface area contributed by atoms with E-state index in [9.17, 15) is 13.2 Å². The van der Waals surface area contributed by atoms with Crippen LogP contribution in [0.4, 0.5) is 13.2 Å². The molecule has 0 aliphatic carbocycles. The minimum absolute atomic E-state index is 0.240. The Morgan fingerprint density at radius 1 is 1.33 bits per heavy atom. The van der Waals surface area contributed by atoms with Crippen molar-refractivity contribution in [1.29, 1.82) is 0 Å². The summed E-state index contributed by atoms with van der Waals surface area (Å²) in [6.07, 6.45) is -4.27. The molecule has 0 aliphatic rings. The van der Waals surface area contributed by atoms with Crippen LogP contribution in [-0.2, 0) is 0 Å². The first kappa shape index (κ1) is 12.8. The number of nitrogens with two attached hydrogens (primary N) is 1. The molecule has 0 saturated carbocycles. The van der Waals surface area contributed by atoms with Crippen molar-refractivity contribution in [2.45, 2.75) is 32.6 Å². The molecule has 2 N–H and O–H groups in total. The van der Waals surface area contributed by atoms with Crippen LogP contribution in [0.15, 0.2) is 12.3 Å². The van der Waals surface area contributed by atoms with Crippen LogP contribution >= 0.6 is 0 Å². The molecule has 0 fully saturated rings. The third-order valence-electron chi connectivity index (χ3n) is 2.71. The highest BCUT2D eigenvalue weighted by atomic mass is 19.3. The van der Waals surface area contributed by atoms with Crippen molar-refractivity contribution in [3.63, 3.8) is 0 Å². The highest BCUT2D eigenvalue weighted by molar-refractivity contribution is 5.81. The van der Waals surface area contributed by atoms with E-state index in [-0.39, 0.29) is 11.6 Å². The van der Waals surface area contributed by atoms with E-state index in [4.69, 9.17) is 5.73 Å². The Morgan fingerprint density at radius 3 is 2.56 bits per heavy atom. The highest BCUT2D eigenvalue weighted by Crippen LogP contribution is 2.26. The number of nitrogens with zero attached hydrogens (tertiary/aromatic N) is 3. The molecule has 0 aromatic carbocycles. The summed E-state index contributed by atoms with van der Waals surface area (Å²) >= 11 is 0. The molecule has 1 unspecified atom stereocenters. The zero-order valence-corrected chi connectivity index (χ0v) is 9.94. The second-order valence-electron chi connectivity index (χ2n) is 4.15. The molecule has 2 rings (SSSR count). The molecule has 4 nitrogen and oxygen atoms in total. The molecular formula is C11H13F3N4. The van der Waals surface area contributed by atoms with Crippen LogP contribution in [0.25, 0.3) is 10.9 Å². The van der Waals surface area contributed by atoms with Gasteiger partial charge >= 0.3 is 0 Å². The Hall–Kier alpha value is -1.63. The summed E-state index contributed by atoms with van der Waals surface area (Å²) in [6, 6.07) is 1.37. The van der Waals surface area contributed by atoms with Crippen molar-refractivity contribution in [3.05, 3.63) is 23.7 Å². The summed E-state index contributed by atoms with van der Waals surface area (Å²) in [7, 11) is 0. The predicted molar refractivity (Wildman–Crippen MR) is 61.0 cm³/mol. The number of aromatic nitrogens is 3. The maximum Gasteiger partial charge on any atom is 0.289 e. The molecule has 0 aliphatic heterocycles. The van der Waals surface area contributed by atoms with Gasteiger partial charge in [0.15, 0.2) is 0 Å². The molecule has 98 valence electrons. The van der Waals surface area contributed by atoms with Crippen LogP contribution in [-0.4, -0.2) is 21.2 Å². The number of alkyl halides is 3. The second kappa shape index (κ2) is 4.56. The maximum absolute atomic E-state index is 13.4. The van der Waals surface area contributed by atoms with Gasteiger partial charge in [-0.15, -0.1) is 0 Å². The van der Waals surface area contributed by atoms with Gasteiger partial charge in [-0.25, -0.2) is 17.9 Å². The molecular weight excluding hydrogens is 245 g/mol. The smallest absolute Gasteiger partial charge is 0.289 e. The van der Waals surface area contributed by atoms with Gasteiger partial charge < -0.3 is 5.73 Å². The molecule has 0 bridgehead atoms. The van der Waals surface area contributed by atoms with Crippen LogP contribution in [0.1, 0.15) is 30.6 Å². The fraction of sp³-hybridized carbons (Fsp3) is 0.455. The Labute approximate surface area is 102 Å². The second-order valence-corrected chi connectivity index (χ2v) is 4.15. The minimum Gasteiger partial charge on any atom is -0.323 e. The minimum atomic E-state index is -3.12. The average Bonchev–Trinajstić information content (AvgIpc) is 2.65. The summed E-state index contributed by atoms with van der Waals surface area (Å²) in [5, 5.41) is 4.38. The van der Waals surface area contributed by atoms with Gasteiger partial charge in [-0.3, -0.25) is 4.98 Å². The largest absolute Gasteiger partial charge is 0.323 e. The van der Waals surface area contributed by atoms with Crippen LogP contribution in [0.2, 0.25) is 0 Å². The Balaban J connectivity index is 2.59. The molecule has 2 heterocycles. The molecule has 0 spiro atoms. The highest BCUT2D eigenvalue weighted by Gasteiger charge is 2.25. The standard InChI is InChI=1S/C11H13F3N4/c1-5(15)8-3-7-6(2)17-18(9(7)4-16-8)11(14)10(12)13/h3-5,10-11H,15H2,1-2H3/t5-,11?/m1/s1. The summed E-state index contributed by atoms with van der Waals surface area (Å²) < 4.78 is 38.8. The molecule has 0 amide bonds. The molecule has 2 aromatic heterocycles.